The Labute approximate surface area is 123 Å². The summed E-state index contributed by atoms with van der Waals surface area (Å²) in [6.45, 7) is 4.54. The number of hydrogen-bond acceptors (Lipinski definition) is 1. The third-order valence-corrected chi connectivity index (χ3v) is 5.05. The molecule has 1 rings (SSSR count). The lowest BCUT2D eigenvalue weighted by Gasteiger charge is -2.29. The van der Waals surface area contributed by atoms with Crippen LogP contribution < -0.4 is 4.74 Å². The molecule has 0 N–H and O–H groups in total. The smallest absolute Gasteiger partial charge is 0.169 e. The van der Waals surface area contributed by atoms with Crippen molar-refractivity contribution in [3.63, 3.8) is 0 Å². The number of ether oxygens (including phenoxy) is 1. The second kappa shape index (κ2) is 6.85. The first-order valence-corrected chi connectivity index (χ1v) is 7.72. The minimum absolute atomic E-state index is 0.0275. The highest BCUT2D eigenvalue weighted by molar-refractivity contribution is 9.10. The summed E-state index contributed by atoms with van der Waals surface area (Å²) in [6.07, 6.45) is 1.85. The summed E-state index contributed by atoms with van der Waals surface area (Å²) in [5, 5.41) is 0.785. The molecule has 1 aromatic rings. The van der Waals surface area contributed by atoms with Gasteiger partial charge in [-0.2, -0.15) is 0 Å². The first-order valence-electron chi connectivity index (χ1n) is 5.81. The van der Waals surface area contributed by atoms with Gasteiger partial charge in [-0.05, 0) is 34.8 Å². The zero-order valence-electron chi connectivity index (χ0n) is 10.4. The lowest BCUT2D eigenvalue weighted by atomic mass is 9.86. The third kappa shape index (κ3) is 3.67. The molecule has 102 valence electrons. The van der Waals surface area contributed by atoms with E-state index in [4.69, 9.17) is 4.74 Å². The summed E-state index contributed by atoms with van der Waals surface area (Å²) in [7, 11) is 0. The summed E-state index contributed by atoms with van der Waals surface area (Å²) in [5.74, 6) is -1.23. The van der Waals surface area contributed by atoms with E-state index < -0.39 is 11.6 Å². The predicted molar refractivity (Wildman–Crippen MR) is 76.4 cm³/mol. The predicted octanol–water partition coefficient (Wildman–Crippen LogP) is 5.31. The van der Waals surface area contributed by atoms with Crippen molar-refractivity contribution in [2.45, 2.75) is 26.7 Å². The lowest BCUT2D eigenvalue weighted by Crippen LogP contribution is -2.29. The van der Waals surface area contributed by atoms with E-state index in [1.165, 1.54) is 6.07 Å². The van der Waals surface area contributed by atoms with Gasteiger partial charge in [0.05, 0.1) is 11.1 Å². The summed E-state index contributed by atoms with van der Waals surface area (Å²) < 4.78 is 32.4. The molecule has 0 saturated heterocycles. The van der Waals surface area contributed by atoms with Crippen molar-refractivity contribution >= 4 is 31.9 Å². The number of rotatable bonds is 6. The van der Waals surface area contributed by atoms with E-state index >= 15 is 0 Å². The fourth-order valence-corrected chi connectivity index (χ4v) is 3.05. The van der Waals surface area contributed by atoms with Crippen LogP contribution in [0.5, 0.6) is 5.75 Å². The van der Waals surface area contributed by atoms with Gasteiger partial charge in [0.1, 0.15) is 5.82 Å². The molecule has 0 aromatic heterocycles. The van der Waals surface area contributed by atoms with Crippen molar-refractivity contribution in [2.75, 3.05) is 11.9 Å². The van der Waals surface area contributed by atoms with Crippen LogP contribution in [0.25, 0.3) is 0 Å². The molecule has 0 bridgehead atoms. The SMILES string of the molecule is CCC(CC)(CBr)COc1c(F)cc(F)cc1Br. The molecule has 0 radical (unpaired) electrons. The summed E-state index contributed by atoms with van der Waals surface area (Å²) in [5.41, 5.74) is -0.0275. The largest absolute Gasteiger partial charge is 0.489 e. The Balaban J connectivity index is 2.86. The van der Waals surface area contributed by atoms with Gasteiger partial charge in [0.15, 0.2) is 11.6 Å². The molecule has 0 saturated carbocycles. The normalized spacial score (nSPS) is 11.7. The molecular weight excluding hydrogens is 370 g/mol. The second-order valence-electron chi connectivity index (χ2n) is 4.33. The Hall–Kier alpha value is -0.160. The van der Waals surface area contributed by atoms with E-state index in [-0.39, 0.29) is 11.2 Å². The molecular formula is C13H16Br2F2O. The molecule has 0 spiro atoms. The molecule has 0 aliphatic carbocycles. The van der Waals surface area contributed by atoms with E-state index in [9.17, 15) is 8.78 Å². The Kier molecular flexibility index (Phi) is 6.05. The van der Waals surface area contributed by atoms with Crippen LogP contribution in [0.4, 0.5) is 8.78 Å². The molecule has 0 aliphatic heterocycles. The van der Waals surface area contributed by atoms with Gasteiger partial charge in [-0.1, -0.05) is 29.8 Å². The van der Waals surface area contributed by atoms with Crippen molar-refractivity contribution in [3.05, 3.63) is 28.2 Å². The summed E-state index contributed by atoms with van der Waals surface area (Å²) in [6, 6.07) is 2.03. The first-order chi connectivity index (χ1) is 8.48. The van der Waals surface area contributed by atoms with E-state index in [0.717, 1.165) is 24.2 Å². The maximum Gasteiger partial charge on any atom is 0.169 e. The minimum atomic E-state index is -0.683. The average molecular weight is 386 g/mol. The monoisotopic (exact) mass is 384 g/mol. The Morgan fingerprint density at radius 3 is 2.28 bits per heavy atom. The van der Waals surface area contributed by atoms with Crippen molar-refractivity contribution in [2.24, 2.45) is 5.41 Å². The lowest BCUT2D eigenvalue weighted by molar-refractivity contribution is 0.152. The van der Waals surface area contributed by atoms with E-state index in [1.807, 2.05) is 0 Å². The van der Waals surface area contributed by atoms with Gasteiger partial charge < -0.3 is 4.74 Å². The fourth-order valence-electron chi connectivity index (χ4n) is 1.57. The maximum absolute atomic E-state index is 13.6. The number of hydrogen-bond donors (Lipinski definition) is 0. The van der Waals surface area contributed by atoms with Crippen molar-refractivity contribution < 1.29 is 13.5 Å². The van der Waals surface area contributed by atoms with Crippen LogP contribution in [-0.2, 0) is 0 Å². The quantitative estimate of drug-likeness (QED) is 0.603. The van der Waals surface area contributed by atoms with Gasteiger partial charge in [0, 0.05) is 16.8 Å². The van der Waals surface area contributed by atoms with Crippen LogP contribution in [0.15, 0.2) is 16.6 Å². The molecule has 0 fully saturated rings. The highest BCUT2D eigenvalue weighted by Crippen LogP contribution is 2.34. The van der Waals surface area contributed by atoms with E-state index in [0.29, 0.717) is 11.1 Å². The zero-order chi connectivity index (χ0) is 13.8. The molecule has 0 heterocycles. The van der Waals surface area contributed by atoms with Gasteiger partial charge in [0.2, 0.25) is 0 Å². The van der Waals surface area contributed by atoms with Crippen LogP contribution in [0, 0.1) is 17.0 Å². The Morgan fingerprint density at radius 2 is 1.83 bits per heavy atom. The van der Waals surface area contributed by atoms with Crippen LogP contribution in [0.1, 0.15) is 26.7 Å². The van der Waals surface area contributed by atoms with Crippen LogP contribution in [0.3, 0.4) is 0 Å². The van der Waals surface area contributed by atoms with Gasteiger partial charge in [0.25, 0.3) is 0 Å². The molecule has 18 heavy (non-hydrogen) atoms. The molecule has 0 unspecified atom stereocenters. The standard InChI is InChI=1S/C13H16Br2F2O/c1-3-13(4-2,7-14)8-18-12-10(15)5-9(16)6-11(12)17/h5-6H,3-4,7-8H2,1-2H3. The molecule has 1 nitrogen and oxygen atoms in total. The van der Waals surface area contributed by atoms with Gasteiger partial charge in [-0.25, -0.2) is 8.78 Å². The Bertz CT molecular complexity index is 375. The molecule has 0 aliphatic rings. The highest BCUT2D eigenvalue weighted by atomic mass is 79.9. The highest BCUT2D eigenvalue weighted by Gasteiger charge is 2.26. The van der Waals surface area contributed by atoms with E-state index in [2.05, 4.69) is 45.7 Å². The number of halogens is 4. The van der Waals surface area contributed by atoms with Crippen LogP contribution in [-0.4, -0.2) is 11.9 Å². The molecule has 5 heteroatoms. The first kappa shape index (κ1) is 15.9. The maximum atomic E-state index is 13.6. The van der Waals surface area contributed by atoms with Crippen LogP contribution >= 0.6 is 31.9 Å². The molecule has 1 aromatic carbocycles. The second-order valence-corrected chi connectivity index (χ2v) is 5.74. The fraction of sp³-hybridized carbons (Fsp3) is 0.538. The van der Waals surface area contributed by atoms with Crippen molar-refractivity contribution in [1.82, 2.24) is 0 Å². The number of benzene rings is 1. The average Bonchev–Trinajstić information content (AvgIpc) is 2.33. The third-order valence-electron chi connectivity index (χ3n) is 3.27. The summed E-state index contributed by atoms with van der Waals surface area (Å²) in [4.78, 5) is 0. The number of alkyl halides is 1. The molecule has 0 amide bonds. The van der Waals surface area contributed by atoms with Gasteiger partial charge in [-0.15, -0.1) is 0 Å². The summed E-state index contributed by atoms with van der Waals surface area (Å²) >= 11 is 6.58. The van der Waals surface area contributed by atoms with E-state index in [1.54, 1.807) is 0 Å². The zero-order valence-corrected chi connectivity index (χ0v) is 13.6. The Morgan fingerprint density at radius 1 is 1.22 bits per heavy atom. The van der Waals surface area contributed by atoms with Crippen molar-refractivity contribution in [3.8, 4) is 5.75 Å². The van der Waals surface area contributed by atoms with Crippen LogP contribution in [0.2, 0.25) is 0 Å². The topological polar surface area (TPSA) is 9.23 Å². The van der Waals surface area contributed by atoms with Crippen molar-refractivity contribution in [1.29, 1.82) is 0 Å². The van der Waals surface area contributed by atoms with Gasteiger partial charge in [-0.3, -0.25) is 0 Å². The minimum Gasteiger partial charge on any atom is -0.489 e. The van der Waals surface area contributed by atoms with Gasteiger partial charge >= 0.3 is 0 Å². The molecule has 0 atom stereocenters.